The van der Waals surface area contributed by atoms with E-state index in [1.165, 1.54) is 19.1 Å². The molecule has 0 aliphatic carbocycles. The molecule has 1 unspecified atom stereocenters. The molecule has 158 valence electrons. The SMILES string of the molecule is CC(=O)c1cc(Cl)ccc1OCC1CN(C(=O)C=Cc2ccc(F)c(Br)c2)CCO1. The fraction of sp³-hybridized carbons (Fsp3) is 0.273. The van der Waals surface area contributed by atoms with E-state index in [2.05, 4.69) is 15.9 Å². The van der Waals surface area contributed by atoms with Gasteiger partial charge >= 0.3 is 0 Å². The van der Waals surface area contributed by atoms with Crippen molar-refractivity contribution >= 4 is 45.3 Å². The summed E-state index contributed by atoms with van der Waals surface area (Å²) >= 11 is 9.08. The molecule has 1 aliphatic rings. The minimum absolute atomic E-state index is 0.147. The summed E-state index contributed by atoms with van der Waals surface area (Å²) in [5.74, 6) is -0.241. The maximum atomic E-state index is 13.3. The van der Waals surface area contributed by atoms with Gasteiger partial charge in [-0.05, 0) is 64.8 Å². The van der Waals surface area contributed by atoms with Crippen molar-refractivity contribution in [2.24, 2.45) is 0 Å². The number of hydrogen-bond donors (Lipinski definition) is 0. The molecule has 2 aromatic carbocycles. The molecular formula is C22H20BrClFNO4. The van der Waals surface area contributed by atoms with E-state index in [9.17, 15) is 14.0 Å². The highest BCUT2D eigenvalue weighted by Gasteiger charge is 2.24. The number of amides is 1. The molecule has 5 nitrogen and oxygen atoms in total. The van der Waals surface area contributed by atoms with Gasteiger partial charge in [-0.1, -0.05) is 17.7 Å². The molecule has 1 atom stereocenters. The van der Waals surface area contributed by atoms with Crippen LogP contribution in [-0.2, 0) is 9.53 Å². The molecule has 0 spiro atoms. The van der Waals surface area contributed by atoms with Gasteiger partial charge < -0.3 is 14.4 Å². The minimum atomic E-state index is -0.358. The Morgan fingerprint density at radius 1 is 1.33 bits per heavy atom. The van der Waals surface area contributed by atoms with Gasteiger partial charge in [0.05, 0.1) is 23.2 Å². The van der Waals surface area contributed by atoms with Gasteiger partial charge in [-0.15, -0.1) is 0 Å². The third kappa shape index (κ3) is 5.90. The van der Waals surface area contributed by atoms with Crippen molar-refractivity contribution in [3.05, 3.63) is 68.9 Å². The second-order valence-electron chi connectivity index (χ2n) is 6.79. The largest absolute Gasteiger partial charge is 0.490 e. The van der Waals surface area contributed by atoms with Gasteiger partial charge in [-0.3, -0.25) is 9.59 Å². The Bertz CT molecular complexity index is 982. The Labute approximate surface area is 187 Å². The first-order valence-corrected chi connectivity index (χ1v) is 10.5. The number of carbonyl (C=O) groups excluding carboxylic acids is 2. The Kier molecular flexibility index (Phi) is 7.64. The van der Waals surface area contributed by atoms with Crippen LogP contribution in [0.2, 0.25) is 5.02 Å². The molecule has 1 heterocycles. The predicted molar refractivity (Wildman–Crippen MR) is 116 cm³/mol. The van der Waals surface area contributed by atoms with Crippen molar-refractivity contribution in [1.82, 2.24) is 4.90 Å². The van der Waals surface area contributed by atoms with Gasteiger partial charge in [0, 0.05) is 17.6 Å². The first-order chi connectivity index (χ1) is 14.3. The normalized spacial score (nSPS) is 16.7. The van der Waals surface area contributed by atoms with E-state index in [-0.39, 0.29) is 30.2 Å². The van der Waals surface area contributed by atoms with Crippen LogP contribution >= 0.6 is 27.5 Å². The Morgan fingerprint density at radius 3 is 2.87 bits per heavy atom. The molecule has 3 rings (SSSR count). The number of rotatable bonds is 6. The zero-order valence-corrected chi connectivity index (χ0v) is 18.6. The maximum absolute atomic E-state index is 13.3. The molecule has 0 radical (unpaired) electrons. The predicted octanol–water partition coefficient (Wildman–Crippen LogP) is 4.76. The van der Waals surface area contributed by atoms with E-state index in [0.717, 1.165) is 0 Å². The van der Waals surface area contributed by atoms with Crippen molar-refractivity contribution in [3.8, 4) is 5.75 Å². The van der Waals surface area contributed by atoms with Gasteiger partial charge in [0.25, 0.3) is 0 Å². The standard InChI is InChI=1S/C22H20BrClFNO4/c1-14(27)18-11-16(24)4-6-21(18)30-13-17-12-26(8-9-29-17)22(28)7-3-15-2-5-20(25)19(23)10-15/h2-7,10-11,17H,8-9,12-13H2,1H3. The van der Waals surface area contributed by atoms with Crippen LogP contribution in [0.15, 0.2) is 46.9 Å². The van der Waals surface area contributed by atoms with Crippen LogP contribution in [0.5, 0.6) is 5.75 Å². The molecule has 2 aromatic rings. The summed E-state index contributed by atoms with van der Waals surface area (Å²) in [7, 11) is 0. The third-order valence-corrected chi connectivity index (χ3v) is 5.40. The number of benzene rings is 2. The van der Waals surface area contributed by atoms with Crippen LogP contribution in [0.25, 0.3) is 6.08 Å². The first kappa shape index (κ1) is 22.5. The third-order valence-electron chi connectivity index (χ3n) is 4.56. The zero-order valence-electron chi connectivity index (χ0n) is 16.2. The molecule has 1 amide bonds. The van der Waals surface area contributed by atoms with E-state index in [0.29, 0.717) is 46.1 Å². The molecule has 30 heavy (non-hydrogen) atoms. The summed E-state index contributed by atoms with van der Waals surface area (Å²) in [4.78, 5) is 26.0. The fourth-order valence-electron chi connectivity index (χ4n) is 3.00. The van der Waals surface area contributed by atoms with Crippen LogP contribution in [0, 0.1) is 5.82 Å². The second kappa shape index (κ2) is 10.2. The monoisotopic (exact) mass is 495 g/mol. The molecule has 8 heteroatoms. The molecular weight excluding hydrogens is 477 g/mol. The lowest BCUT2D eigenvalue weighted by molar-refractivity contribution is -0.134. The number of halogens is 3. The van der Waals surface area contributed by atoms with Gasteiger partial charge in [0.2, 0.25) is 5.91 Å². The van der Waals surface area contributed by atoms with Crippen molar-refractivity contribution in [2.75, 3.05) is 26.3 Å². The quantitative estimate of drug-likeness (QED) is 0.427. The van der Waals surface area contributed by atoms with Crippen LogP contribution in [0.4, 0.5) is 4.39 Å². The number of ether oxygens (including phenoxy) is 2. The van der Waals surface area contributed by atoms with E-state index < -0.39 is 0 Å². The average molecular weight is 497 g/mol. The van der Waals surface area contributed by atoms with Crippen molar-refractivity contribution in [3.63, 3.8) is 0 Å². The highest BCUT2D eigenvalue weighted by molar-refractivity contribution is 9.10. The number of hydrogen-bond acceptors (Lipinski definition) is 4. The number of carbonyl (C=O) groups is 2. The fourth-order valence-corrected chi connectivity index (χ4v) is 3.56. The van der Waals surface area contributed by atoms with Crippen molar-refractivity contribution < 1.29 is 23.5 Å². The number of nitrogens with zero attached hydrogens (tertiary/aromatic N) is 1. The van der Waals surface area contributed by atoms with E-state index in [1.807, 2.05) is 0 Å². The highest BCUT2D eigenvalue weighted by atomic mass is 79.9. The molecule has 0 aromatic heterocycles. The van der Waals surface area contributed by atoms with Crippen LogP contribution in [0.1, 0.15) is 22.8 Å². The number of Topliss-reactive ketones (excluding diaryl/α,β-unsaturated/α-hetero) is 1. The molecule has 1 aliphatic heterocycles. The molecule has 1 fully saturated rings. The highest BCUT2D eigenvalue weighted by Crippen LogP contribution is 2.24. The summed E-state index contributed by atoms with van der Waals surface area (Å²) in [6, 6.07) is 9.40. The minimum Gasteiger partial charge on any atom is -0.490 e. The molecule has 1 saturated heterocycles. The summed E-state index contributed by atoms with van der Waals surface area (Å²) in [5.41, 5.74) is 1.11. The Hall–Kier alpha value is -2.22. The lowest BCUT2D eigenvalue weighted by Crippen LogP contribution is -2.47. The Morgan fingerprint density at radius 2 is 2.13 bits per heavy atom. The smallest absolute Gasteiger partial charge is 0.246 e. The van der Waals surface area contributed by atoms with Crippen molar-refractivity contribution in [1.29, 1.82) is 0 Å². The maximum Gasteiger partial charge on any atom is 0.246 e. The van der Waals surface area contributed by atoms with Gasteiger partial charge in [-0.25, -0.2) is 4.39 Å². The number of ketones is 1. The van der Waals surface area contributed by atoms with Crippen molar-refractivity contribution in [2.45, 2.75) is 13.0 Å². The van der Waals surface area contributed by atoms with E-state index in [1.54, 1.807) is 41.3 Å². The summed E-state index contributed by atoms with van der Waals surface area (Å²) in [6.07, 6.45) is 2.77. The lowest BCUT2D eigenvalue weighted by Gasteiger charge is -2.32. The van der Waals surface area contributed by atoms with Crippen LogP contribution in [0.3, 0.4) is 0 Å². The lowest BCUT2D eigenvalue weighted by atomic mass is 10.1. The van der Waals surface area contributed by atoms with E-state index in [4.69, 9.17) is 21.1 Å². The first-order valence-electron chi connectivity index (χ1n) is 9.30. The summed E-state index contributed by atoms with van der Waals surface area (Å²) in [6.45, 7) is 2.85. The van der Waals surface area contributed by atoms with E-state index >= 15 is 0 Å². The molecule has 0 bridgehead atoms. The van der Waals surface area contributed by atoms with Gasteiger partial charge in [0.1, 0.15) is 24.3 Å². The second-order valence-corrected chi connectivity index (χ2v) is 8.08. The summed E-state index contributed by atoms with van der Waals surface area (Å²) in [5, 5.41) is 0.457. The van der Waals surface area contributed by atoms with Gasteiger partial charge in [-0.2, -0.15) is 0 Å². The molecule has 0 saturated carbocycles. The van der Waals surface area contributed by atoms with Gasteiger partial charge in [0.15, 0.2) is 5.78 Å². The van der Waals surface area contributed by atoms with Crippen LogP contribution < -0.4 is 4.74 Å². The zero-order chi connectivity index (χ0) is 21.7. The molecule has 0 N–H and O–H groups in total. The average Bonchev–Trinajstić information content (AvgIpc) is 2.73. The van der Waals surface area contributed by atoms with Crippen LogP contribution in [-0.4, -0.2) is 49.0 Å². The Balaban J connectivity index is 1.58. The number of morpholine rings is 1. The summed E-state index contributed by atoms with van der Waals surface area (Å²) < 4.78 is 25.1. The topological polar surface area (TPSA) is 55.8 Å².